The zero-order chi connectivity index (χ0) is 14.5. The molecular weight excluding hydrogens is 270 g/mol. The highest BCUT2D eigenvalue weighted by Gasteiger charge is 2.19. The molecule has 114 valence electrons. The van der Waals surface area contributed by atoms with Gasteiger partial charge in [-0.3, -0.25) is 9.69 Å². The van der Waals surface area contributed by atoms with Gasteiger partial charge in [-0.05, 0) is 24.6 Å². The molecule has 0 bridgehead atoms. The topological polar surface area (TPSA) is 48.0 Å². The third kappa shape index (κ3) is 3.74. The number of ketones is 1. The van der Waals surface area contributed by atoms with Crippen molar-refractivity contribution < 1.29 is 19.0 Å². The molecule has 0 N–H and O–H groups in total. The van der Waals surface area contributed by atoms with Gasteiger partial charge in [0.2, 0.25) is 0 Å². The number of carbonyl (C=O) groups excluding carboxylic acids is 1. The lowest BCUT2D eigenvalue weighted by atomic mass is 10.0. The normalized spacial score (nSPS) is 19.0. The van der Waals surface area contributed by atoms with Crippen LogP contribution in [0.15, 0.2) is 18.2 Å². The summed E-state index contributed by atoms with van der Waals surface area (Å²) in [5.74, 6) is 1.55. The average Bonchev–Trinajstić information content (AvgIpc) is 2.53. The minimum Gasteiger partial charge on any atom is -0.494 e. The molecule has 5 nitrogen and oxygen atoms in total. The first-order chi connectivity index (χ1) is 10.3. The molecule has 1 saturated heterocycles. The van der Waals surface area contributed by atoms with Crippen LogP contribution in [0, 0.1) is 0 Å². The Hall–Kier alpha value is -1.59. The number of Topliss-reactive ketones (excluding diaryl/α,β-unsaturated/α-hetero) is 1. The minimum absolute atomic E-state index is 0.134. The van der Waals surface area contributed by atoms with Gasteiger partial charge in [0.1, 0.15) is 11.5 Å². The number of carbonyl (C=O) groups is 1. The third-order valence-corrected chi connectivity index (χ3v) is 3.83. The predicted octanol–water partition coefficient (Wildman–Crippen LogP) is 1.75. The molecule has 0 spiro atoms. The molecule has 0 aliphatic carbocycles. The molecule has 3 rings (SSSR count). The Balaban J connectivity index is 1.47. The van der Waals surface area contributed by atoms with Crippen LogP contribution >= 0.6 is 0 Å². The van der Waals surface area contributed by atoms with Gasteiger partial charge < -0.3 is 14.2 Å². The van der Waals surface area contributed by atoms with Crippen molar-refractivity contribution in [1.29, 1.82) is 0 Å². The Bertz CT molecular complexity index is 497. The van der Waals surface area contributed by atoms with Gasteiger partial charge in [0.15, 0.2) is 5.78 Å². The number of ether oxygens (including phenoxy) is 3. The van der Waals surface area contributed by atoms with E-state index < -0.39 is 0 Å². The van der Waals surface area contributed by atoms with Crippen LogP contribution in [0.2, 0.25) is 0 Å². The van der Waals surface area contributed by atoms with Crippen LogP contribution in [0.5, 0.6) is 11.5 Å². The molecule has 0 saturated carbocycles. The van der Waals surface area contributed by atoms with E-state index >= 15 is 0 Å². The summed E-state index contributed by atoms with van der Waals surface area (Å²) in [6.45, 7) is 5.82. The maximum Gasteiger partial charge on any atom is 0.170 e. The monoisotopic (exact) mass is 291 g/mol. The lowest BCUT2D eigenvalue weighted by Crippen LogP contribution is -2.37. The summed E-state index contributed by atoms with van der Waals surface area (Å²) < 4.78 is 16.5. The van der Waals surface area contributed by atoms with Crippen molar-refractivity contribution in [2.45, 2.75) is 12.8 Å². The van der Waals surface area contributed by atoms with Crippen LogP contribution in [0.1, 0.15) is 23.2 Å². The van der Waals surface area contributed by atoms with Crippen molar-refractivity contribution in [3.63, 3.8) is 0 Å². The Morgan fingerprint density at radius 2 is 2.05 bits per heavy atom. The van der Waals surface area contributed by atoms with Crippen molar-refractivity contribution in [2.24, 2.45) is 0 Å². The summed E-state index contributed by atoms with van der Waals surface area (Å²) in [6, 6.07) is 5.49. The highest BCUT2D eigenvalue weighted by molar-refractivity contribution is 5.99. The summed E-state index contributed by atoms with van der Waals surface area (Å²) >= 11 is 0. The molecule has 2 aliphatic rings. The molecule has 0 aromatic heterocycles. The first kappa shape index (κ1) is 14.4. The highest BCUT2D eigenvalue weighted by atomic mass is 16.5. The van der Waals surface area contributed by atoms with E-state index in [9.17, 15) is 4.79 Å². The van der Waals surface area contributed by atoms with Gasteiger partial charge in [0.25, 0.3) is 0 Å². The second kappa shape index (κ2) is 6.91. The SMILES string of the molecule is O=C1CCOc2ccc(OCCCN3CCOCC3)cc21. The lowest BCUT2D eigenvalue weighted by Gasteiger charge is -2.26. The molecule has 21 heavy (non-hydrogen) atoms. The van der Waals surface area contributed by atoms with Crippen LogP contribution in [0.4, 0.5) is 0 Å². The van der Waals surface area contributed by atoms with Gasteiger partial charge >= 0.3 is 0 Å². The molecule has 2 heterocycles. The zero-order valence-electron chi connectivity index (χ0n) is 12.2. The Morgan fingerprint density at radius 1 is 1.19 bits per heavy atom. The fourth-order valence-corrected chi connectivity index (χ4v) is 2.63. The van der Waals surface area contributed by atoms with Gasteiger partial charge in [-0.1, -0.05) is 0 Å². The van der Waals surface area contributed by atoms with E-state index in [0.29, 0.717) is 30.9 Å². The van der Waals surface area contributed by atoms with E-state index in [1.165, 1.54) is 0 Å². The molecule has 0 unspecified atom stereocenters. The van der Waals surface area contributed by atoms with Crippen molar-refractivity contribution in [3.8, 4) is 11.5 Å². The molecule has 0 atom stereocenters. The lowest BCUT2D eigenvalue weighted by molar-refractivity contribution is 0.0358. The number of hydrogen-bond acceptors (Lipinski definition) is 5. The van der Waals surface area contributed by atoms with E-state index in [4.69, 9.17) is 14.2 Å². The molecule has 0 radical (unpaired) electrons. The van der Waals surface area contributed by atoms with Crippen molar-refractivity contribution in [1.82, 2.24) is 4.90 Å². The van der Waals surface area contributed by atoms with E-state index in [1.807, 2.05) is 12.1 Å². The Labute approximate surface area is 124 Å². The molecule has 1 fully saturated rings. The molecule has 5 heteroatoms. The molecule has 1 aromatic carbocycles. The fourth-order valence-electron chi connectivity index (χ4n) is 2.63. The van der Waals surface area contributed by atoms with Crippen LogP contribution in [-0.4, -0.2) is 56.7 Å². The number of morpholine rings is 1. The molecule has 0 amide bonds. The third-order valence-electron chi connectivity index (χ3n) is 3.83. The van der Waals surface area contributed by atoms with Crippen LogP contribution in [0.3, 0.4) is 0 Å². The zero-order valence-corrected chi connectivity index (χ0v) is 12.2. The second-order valence-electron chi connectivity index (χ2n) is 5.34. The predicted molar refractivity (Wildman–Crippen MR) is 78.3 cm³/mol. The standard InChI is InChI=1S/C16H21NO4/c18-15-4-9-21-16-3-2-13(12-14(15)16)20-8-1-5-17-6-10-19-11-7-17/h2-3,12H,1,4-11H2. The number of hydrogen-bond donors (Lipinski definition) is 0. The van der Waals surface area contributed by atoms with Gasteiger partial charge in [-0.2, -0.15) is 0 Å². The van der Waals surface area contributed by atoms with Gasteiger partial charge in [-0.25, -0.2) is 0 Å². The van der Waals surface area contributed by atoms with Gasteiger partial charge in [0.05, 0.1) is 32.0 Å². The summed E-state index contributed by atoms with van der Waals surface area (Å²) in [7, 11) is 0. The molecule has 2 aliphatic heterocycles. The first-order valence-electron chi connectivity index (χ1n) is 7.56. The second-order valence-corrected chi connectivity index (χ2v) is 5.34. The highest BCUT2D eigenvalue weighted by Crippen LogP contribution is 2.28. The van der Waals surface area contributed by atoms with E-state index in [-0.39, 0.29) is 5.78 Å². The summed E-state index contributed by atoms with van der Waals surface area (Å²) in [4.78, 5) is 14.2. The van der Waals surface area contributed by atoms with Crippen LogP contribution in [-0.2, 0) is 4.74 Å². The van der Waals surface area contributed by atoms with E-state index in [2.05, 4.69) is 4.90 Å². The summed E-state index contributed by atoms with van der Waals surface area (Å²) in [5.41, 5.74) is 0.645. The van der Waals surface area contributed by atoms with Gasteiger partial charge in [-0.15, -0.1) is 0 Å². The van der Waals surface area contributed by atoms with E-state index in [1.54, 1.807) is 6.07 Å². The first-order valence-corrected chi connectivity index (χ1v) is 7.56. The number of benzene rings is 1. The minimum atomic E-state index is 0.134. The number of nitrogens with zero attached hydrogens (tertiary/aromatic N) is 1. The molecular formula is C16H21NO4. The van der Waals surface area contributed by atoms with Crippen LogP contribution in [0.25, 0.3) is 0 Å². The Kier molecular flexibility index (Phi) is 4.72. The molecule has 1 aromatic rings. The number of rotatable bonds is 5. The summed E-state index contributed by atoms with van der Waals surface area (Å²) in [5, 5.41) is 0. The van der Waals surface area contributed by atoms with Crippen molar-refractivity contribution in [3.05, 3.63) is 23.8 Å². The number of fused-ring (bicyclic) bond motifs is 1. The Morgan fingerprint density at radius 3 is 2.90 bits per heavy atom. The quantitative estimate of drug-likeness (QED) is 0.774. The summed E-state index contributed by atoms with van der Waals surface area (Å²) in [6.07, 6.45) is 1.43. The van der Waals surface area contributed by atoms with Crippen molar-refractivity contribution >= 4 is 5.78 Å². The maximum atomic E-state index is 11.8. The van der Waals surface area contributed by atoms with E-state index in [0.717, 1.165) is 45.0 Å². The van der Waals surface area contributed by atoms with Gasteiger partial charge in [0, 0.05) is 26.1 Å². The average molecular weight is 291 g/mol. The smallest absolute Gasteiger partial charge is 0.170 e. The van der Waals surface area contributed by atoms with Crippen molar-refractivity contribution in [2.75, 3.05) is 46.1 Å². The van der Waals surface area contributed by atoms with Crippen LogP contribution < -0.4 is 9.47 Å². The fraction of sp³-hybridized carbons (Fsp3) is 0.562. The largest absolute Gasteiger partial charge is 0.494 e. The maximum absolute atomic E-state index is 11.8.